The van der Waals surface area contributed by atoms with E-state index in [0.717, 1.165) is 6.42 Å². The van der Waals surface area contributed by atoms with Crippen molar-refractivity contribution in [2.75, 3.05) is 20.6 Å². The number of nitrogens with zero attached hydrogens (tertiary/aromatic N) is 1. The zero-order chi connectivity index (χ0) is 8.43. The van der Waals surface area contributed by atoms with E-state index < -0.39 is 6.09 Å². The fourth-order valence-corrected chi connectivity index (χ4v) is 1.30. The summed E-state index contributed by atoms with van der Waals surface area (Å²) < 4.78 is 0. The van der Waals surface area contributed by atoms with Gasteiger partial charge in [-0.25, -0.2) is 0 Å². The van der Waals surface area contributed by atoms with Crippen molar-refractivity contribution in [1.82, 2.24) is 10.2 Å². The standard InChI is InChI=1S/C7H14N2O2/c1-9(2)6-3-5(6)4-8-7(10)11/h5-6,8H,3-4H2,1-2H3,(H,10,11)/p-1. The normalized spacial score (nSPS) is 28.6. The van der Waals surface area contributed by atoms with Gasteiger partial charge < -0.3 is 20.1 Å². The highest BCUT2D eigenvalue weighted by molar-refractivity contribution is 5.61. The number of rotatable bonds is 3. The van der Waals surface area contributed by atoms with E-state index in [1.807, 2.05) is 14.1 Å². The molecule has 1 aliphatic rings. The Morgan fingerprint density at radius 3 is 2.73 bits per heavy atom. The van der Waals surface area contributed by atoms with E-state index in [2.05, 4.69) is 10.2 Å². The van der Waals surface area contributed by atoms with Gasteiger partial charge in [-0.3, -0.25) is 0 Å². The highest BCUT2D eigenvalue weighted by atomic mass is 16.4. The molecule has 0 aromatic rings. The van der Waals surface area contributed by atoms with Crippen molar-refractivity contribution in [2.24, 2.45) is 5.92 Å². The highest BCUT2D eigenvalue weighted by Crippen LogP contribution is 2.33. The van der Waals surface area contributed by atoms with Crippen LogP contribution in [0.2, 0.25) is 0 Å². The smallest absolute Gasteiger partial charge is 0.134 e. The molecule has 1 fully saturated rings. The van der Waals surface area contributed by atoms with E-state index >= 15 is 0 Å². The van der Waals surface area contributed by atoms with Gasteiger partial charge in [0.05, 0.1) is 0 Å². The topological polar surface area (TPSA) is 55.4 Å². The molecular weight excluding hydrogens is 144 g/mol. The third kappa shape index (κ3) is 2.38. The van der Waals surface area contributed by atoms with Crippen molar-refractivity contribution < 1.29 is 9.90 Å². The lowest BCUT2D eigenvalue weighted by atomic mass is 10.4. The van der Waals surface area contributed by atoms with E-state index in [-0.39, 0.29) is 0 Å². The van der Waals surface area contributed by atoms with Crippen molar-refractivity contribution in [3.63, 3.8) is 0 Å². The van der Waals surface area contributed by atoms with Crippen LogP contribution in [0, 0.1) is 5.92 Å². The Hall–Kier alpha value is -0.770. The zero-order valence-corrected chi connectivity index (χ0v) is 6.83. The summed E-state index contributed by atoms with van der Waals surface area (Å²) in [5.74, 6) is 0.489. The molecule has 2 unspecified atom stereocenters. The molecule has 1 rings (SSSR count). The van der Waals surface area contributed by atoms with Gasteiger partial charge in [0.2, 0.25) is 0 Å². The first-order chi connectivity index (χ1) is 5.11. The Balaban J connectivity index is 2.09. The lowest BCUT2D eigenvalue weighted by Crippen LogP contribution is -2.38. The maximum absolute atomic E-state index is 9.97. The van der Waals surface area contributed by atoms with Crippen LogP contribution in [0.4, 0.5) is 4.79 Å². The van der Waals surface area contributed by atoms with Crippen molar-refractivity contribution >= 4 is 6.09 Å². The highest BCUT2D eigenvalue weighted by Gasteiger charge is 2.38. The number of hydrogen-bond acceptors (Lipinski definition) is 3. The molecule has 1 saturated carbocycles. The van der Waals surface area contributed by atoms with E-state index in [4.69, 9.17) is 0 Å². The summed E-state index contributed by atoms with van der Waals surface area (Å²) in [6.45, 7) is 0.533. The first-order valence-corrected chi connectivity index (χ1v) is 3.72. The van der Waals surface area contributed by atoms with Gasteiger partial charge in [-0.15, -0.1) is 0 Å². The van der Waals surface area contributed by atoms with Gasteiger partial charge in [0.25, 0.3) is 0 Å². The van der Waals surface area contributed by atoms with E-state index in [9.17, 15) is 9.90 Å². The predicted molar refractivity (Wildman–Crippen MR) is 39.0 cm³/mol. The monoisotopic (exact) mass is 157 g/mol. The molecule has 0 aliphatic heterocycles. The summed E-state index contributed by atoms with van der Waals surface area (Å²) in [5.41, 5.74) is 0. The van der Waals surface area contributed by atoms with Crippen molar-refractivity contribution in [1.29, 1.82) is 0 Å². The Morgan fingerprint density at radius 1 is 1.73 bits per heavy atom. The molecular formula is C7H13N2O2-. The number of nitrogens with one attached hydrogen (secondary N) is 1. The van der Waals surface area contributed by atoms with Gasteiger partial charge in [0.15, 0.2) is 0 Å². The summed E-state index contributed by atoms with van der Waals surface area (Å²) in [5, 5.41) is 12.2. The van der Waals surface area contributed by atoms with E-state index in [1.54, 1.807) is 0 Å². The molecule has 1 amide bonds. The maximum atomic E-state index is 9.97. The molecule has 0 aromatic heterocycles. The minimum Gasteiger partial charge on any atom is -0.530 e. The van der Waals surface area contributed by atoms with Crippen LogP contribution in [0.1, 0.15) is 6.42 Å². The number of amides is 1. The molecule has 64 valence electrons. The van der Waals surface area contributed by atoms with Crippen molar-refractivity contribution in [3.05, 3.63) is 0 Å². The molecule has 11 heavy (non-hydrogen) atoms. The number of carbonyl (C=O) groups is 1. The molecule has 0 radical (unpaired) electrons. The van der Waals surface area contributed by atoms with Crippen molar-refractivity contribution in [2.45, 2.75) is 12.5 Å². The van der Waals surface area contributed by atoms with Gasteiger partial charge in [-0.2, -0.15) is 0 Å². The van der Waals surface area contributed by atoms with Gasteiger partial charge in [0.1, 0.15) is 6.09 Å². The number of hydrogen-bond donors (Lipinski definition) is 1. The second kappa shape index (κ2) is 3.09. The predicted octanol–water partition coefficient (Wildman–Crippen LogP) is -1.13. The first-order valence-electron chi connectivity index (χ1n) is 3.72. The van der Waals surface area contributed by atoms with Crippen LogP contribution in [0.15, 0.2) is 0 Å². The third-order valence-electron chi connectivity index (χ3n) is 2.06. The van der Waals surface area contributed by atoms with Gasteiger partial charge >= 0.3 is 0 Å². The summed E-state index contributed by atoms with van der Waals surface area (Å²) in [6, 6.07) is 0.557. The molecule has 4 nitrogen and oxygen atoms in total. The van der Waals surface area contributed by atoms with Crippen LogP contribution in [-0.2, 0) is 0 Å². The first kappa shape index (κ1) is 8.33. The fourth-order valence-electron chi connectivity index (χ4n) is 1.30. The van der Waals surface area contributed by atoms with E-state index in [1.165, 1.54) is 0 Å². The van der Waals surface area contributed by atoms with Crippen LogP contribution in [0.3, 0.4) is 0 Å². The van der Waals surface area contributed by atoms with Crippen molar-refractivity contribution in [3.8, 4) is 0 Å². The Bertz CT molecular complexity index is 159. The third-order valence-corrected chi connectivity index (χ3v) is 2.06. The van der Waals surface area contributed by atoms with Crippen LogP contribution < -0.4 is 10.4 Å². The molecule has 1 N–H and O–H groups in total. The Morgan fingerprint density at radius 2 is 2.36 bits per heavy atom. The molecule has 0 aromatic carbocycles. The van der Waals surface area contributed by atoms with Gasteiger partial charge in [-0.05, 0) is 26.4 Å². The van der Waals surface area contributed by atoms with Gasteiger partial charge in [0, 0.05) is 12.6 Å². The lowest BCUT2D eigenvalue weighted by molar-refractivity contribution is -0.250. The minimum absolute atomic E-state index is 0.489. The molecule has 0 saturated heterocycles. The molecule has 4 heteroatoms. The summed E-state index contributed by atoms with van der Waals surface area (Å²) in [7, 11) is 4.01. The van der Waals surface area contributed by atoms with Crippen LogP contribution >= 0.6 is 0 Å². The summed E-state index contributed by atoms with van der Waals surface area (Å²) >= 11 is 0. The number of carbonyl (C=O) groups excluding carboxylic acids is 1. The quantitative estimate of drug-likeness (QED) is 0.564. The number of carboxylic acid groups (broad SMARTS) is 1. The minimum atomic E-state index is -1.17. The summed E-state index contributed by atoms with van der Waals surface area (Å²) in [4.78, 5) is 12.1. The van der Waals surface area contributed by atoms with Crippen LogP contribution in [-0.4, -0.2) is 37.7 Å². The van der Waals surface area contributed by atoms with Crippen LogP contribution in [0.5, 0.6) is 0 Å². The molecule has 0 spiro atoms. The molecule has 0 heterocycles. The Labute approximate surface area is 66.2 Å². The zero-order valence-electron chi connectivity index (χ0n) is 6.83. The average Bonchev–Trinajstić information content (AvgIpc) is 2.61. The second-order valence-electron chi connectivity index (χ2n) is 3.20. The fraction of sp³-hybridized carbons (Fsp3) is 0.857. The van der Waals surface area contributed by atoms with E-state index in [0.29, 0.717) is 18.5 Å². The maximum Gasteiger partial charge on any atom is 0.134 e. The Kier molecular flexibility index (Phi) is 2.34. The van der Waals surface area contributed by atoms with Gasteiger partial charge in [-0.1, -0.05) is 0 Å². The average molecular weight is 157 g/mol. The second-order valence-corrected chi connectivity index (χ2v) is 3.20. The molecule has 0 bridgehead atoms. The SMILES string of the molecule is CN(C)C1CC1CNC(=O)[O-]. The molecule has 2 atom stereocenters. The largest absolute Gasteiger partial charge is 0.530 e. The lowest BCUT2D eigenvalue weighted by Gasteiger charge is -2.09. The van der Waals surface area contributed by atoms with Crippen LogP contribution in [0.25, 0.3) is 0 Å². The molecule has 1 aliphatic carbocycles. The summed E-state index contributed by atoms with van der Waals surface area (Å²) in [6.07, 6.45) is -0.0813.